The Kier molecular flexibility index (Phi) is 8.12. The standard InChI is InChI=1S/C33H39N5O5/c1-20(2)42-31(39)28-17-27-16-26(19-37(27)29(21(28)3)22(4)36-10-12-41-13-11-36)24-14-23-8-9-38(30(23)25(15-24)18-34)35-32(40)43-33(5,6)7/h14-17,19-20H,4,8-13H2,1-3,5-7H3,(H,35,40). The first-order chi connectivity index (χ1) is 20.4. The number of aromatic nitrogens is 1. The number of ether oxygens (including phenoxy) is 3. The Morgan fingerprint density at radius 2 is 1.81 bits per heavy atom. The summed E-state index contributed by atoms with van der Waals surface area (Å²) in [6, 6.07) is 10.1. The van der Waals surface area contributed by atoms with E-state index in [0.29, 0.717) is 56.1 Å². The van der Waals surface area contributed by atoms with Crippen LogP contribution in [0.5, 0.6) is 0 Å². The summed E-state index contributed by atoms with van der Waals surface area (Å²) in [6.07, 6.45) is 1.86. The van der Waals surface area contributed by atoms with Gasteiger partial charge < -0.3 is 23.5 Å². The Balaban J connectivity index is 1.57. The molecule has 1 fully saturated rings. The summed E-state index contributed by atoms with van der Waals surface area (Å²) in [7, 11) is 0. The second kappa shape index (κ2) is 11.7. The molecule has 0 spiro atoms. The fourth-order valence-electron chi connectivity index (χ4n) is 5.66. The van der Waals surface area contributed by atoms with Gasteiger partial charge in [0.25, 0.3) is 0 Å². The molecule has 10 heteroatoms. The number of benzene rings is 1. The molecule has 1 saturated heterocycles. The molecule has 0 saturated carbocycles. The molecule has 0 atom stereocenters. The van der Waals surface area contributed by atoms with E-state index in [0.717, 1.165) is 39.2 Å². The molecule has 10 nitrogen and oxygen atoms in total. The number of amides is 1. The van der Waals surface area contributed by atoms with Gasteiger partial charge in [-0.1, -0.05) is 6.58 Å². The van der Waals surface area contributed by atoms with Crippen LogP contribution in [0.25, 0.3) is 22.3 Å². The highest BCUT2D eigenvalue weighted by Gasteiger charge is 2.28. The molecule has 226 valence electrons. The minimum atomic E-state index is -0.637. The molecule has 1 N–H and O–H groups in total. The number of nitrogens with zero attached hydrogens (tertiary/aromatic N) is 4. The molecule has 0 unspecified atom stereocenters. The molecule has 0 bridgehead atoms. The number of carbonyl (C=O) groups excluding carboxylic acids is 2. The fourth-order valence-corrected chi connectivity index (χ4v) is 5.66. The predicted octanol–water partition coefficient (Wildman–Crippen LogP) is 5.46. The lowest BCUT2D eigenvalue weighted by atomic mass is 10.00. The highest BCUT2D eigenvalue weighted by atomic mass is 16.6. The number of rotatable bonds is 6. The average Bonchev–Trinajstić information content (AvgIpc) is 3.55. The Bertz CT molecular complexity index is 1640. The summed E-state index contributed by atoms with van der Waals surface area (Å²) in [6.45, 7) is 18.6. The van der Waals surface area contributed by atoms with Gasteiger partial charge in [-0.25, -0.2) is 15.0 Å². The second-order valence-electron chi connectivity index (χ2n) is 12.2. The van der Waals surface area contributed by atoms with E-state index in [4.69, 9.17) is 14.2 Å². The van der Waals surface area contributed by atoms with Crippen molar-refractivity contribution < 1.29 is 23.8 Å². The van der Waals surface area contributed by atoms with Crippen LogP contribution < -0.4 is 10.4 Å². The number of esters is 1. The van der Waals surface area contributed by atoms with E-state index < -0.39 is 11.7 Å². The third-order valence-electron chi connectivity index (χ3n) is 7.51. The number of hydrogen-bond acceptors (Lipinski definition) is 8. The van der Waals surface area contributed by atoms with Crippen molar-refractivity contribution in [3.8, 4) is 17.2 Å². The van der Waals surface area contributed by atoms with Crippen LogP contribution in [0.15, 0.2) is 37.0 Å². The molecule has 1 aromatic carbocycles. The molecule has 0 aliphatic carbocycles. The molecule has 4 heterocycles. The number of morpholine rings is 1. The summed E-state index contributed by atoms with van der Waals surface area (Å²) >= 11 is 0. The first-order valence-corrected chi connectivity index (χ1v) is 14.6. The predicted molar refractivity (Wildman–Crippen MR) is 165 cm³/mol. The van der Waals surface area contributed by atoms with Crippen LogP contribution >= 0.6 is 0 Å². The van der Waals surface area contributed by atoms with Crippen molar-refractivity contribution in [1.29, 1.82) is 5.26 Å². The number of fused-ring (bicyclic) bond motifs is 2. The highest BCUT2D eigenvalue weighted by Crippen LogP contribution is 2.37. The monoisotopic (exact) mass is 585 g/mol. The van der Waals surface area contributed by atoms with Crippen molar-refractivity contribution in [2.24, 2.45) is 0 Å². The lowest BCUT2D eigenvalue weighted by Gasteiger charge is -2.31. The van der Waals surface area contributed by atoms with E-state index in [1.54, 1.807) is 25.8 Å². The van der Waals surface area contributed by atoms with Crippen molar-refractivity contribution in [2.45, 2.75) is 59.7 Å². The quantitative estimate of drug-likeness (QED) is 0.380. The summed E-state index contributed by atoms with van der Waals surface area (Å²) in [5.41, 5.74) is 9.71. The van der Waals surface area contributed by atoms with Crippen LogP contribution in [-0.4, -0.2) is 65.9 Å². The van der Waals surface area contributed by atoms with Gasteiger partial charge in [-0.15, -0.1) is 0 Å². The van der Waals surface area contributed by atoms with E-state index in [2.05, 4.69) is 33.4 Å². The number of nitriles is 1. The van der Waals surface area contributed by atoms with Gasteiger partial charge in [0.2, 0.25) is 0 Å². The highest BCUT2D eigenvalue weighted by molar-refractivity contribution is 5.95. The van der Waals surface area contributed by atoms with Crippen molar-refractivity contribution >= 4 is 29.0 Å². The zero-order valence-electron chi connectivity index (χ0n) is 25.7. The van der Waals surface area contributed by atoms with Gasteiger partial charge in [0.1, 0.15) is 11.7 Å². The van der Waals surface area contributed by atoms with Crippen LogP contribution in [-0.2, 0) is 20.6 Å². The fraction of sp³-hybridized carbons (Fsp3) is 0.424. The Labute approximate surface area is 252 Å². The van der Waals surface area contributed by atoms with Crippen molar-refractivity contribution in [3.63, 3.8) is 0 Å². The Hall–Kier alpha value is -4.49. The van der Waals surface area contributed by atoms with Crippen LogP contribution in [0.2, 0.25) is 0 Å². The maximum absolute atomic E-state index is 13.2. The van der Waals surface area contributed by atoms with Gasteiger partial charge in [-0.3, -0.25) is 5.01 Å². The van der Waals surface area contributed by atoms with Crippen molar-refractivity contribution in [1.82, 2.24) is 14.7 Å². The van der Waals surface area contributed by atoms with E-state index in [9.17, 15) is 14.9 Å². The second-order valence-corrected chi connectivity index (χ2v) is 12.2. The first-order valence-electron chi connectivity index (χ1n) is 14.6. The van der Waals surface area contributed by atoms with Crippen LogP contribution in [0, 0.1) is 18.3 Å². The lowest BCUT2D eigenvalue weighted by molar-refractivity contribution is 0.0376. The normalized spacial score (nSPS) is 14.9. The van der Waals surface area contributed by atoms with E-state index in [1.807, 2.05) is 45.2 Å². The average molecular weight is 586 g/mol. The number of hydrogen-bond donors (Lipinski definition) is 1. The largest absolute Gasteiger partial charge is 0.459 e. The van der Waals surface area contributed by atoms with E-state index in [-0.39, 0.29) is 12.1 Å². The first kappa shape index (κ1) is 30.0. The molecule has 0 radical (unpaired) electrons. The molecular weight excluding hydrogens is 546 g/mol. The summed E-state index contributed by atoms with van der Waals surface area (Å²) in [4.78, 5) is 27.8. The molecule has 43 heavy (non-hydrogen) atoms. The molecule has 2 aromatic heterocycles. The molecule has 3 aromatic rings. The molecule has 1 amide bonds. The third kappa shape index (κ3) is 6.18. The molecule has 2 aliphatic heterocycles. The van der Waals surface area contributed by atoms with Gasteiger partial charge in [0, 0.05) is 36.9 Å². The van der Waals surface area contributed by atoms with Gasteiger partial charge in [-0.2, -0.15) is 5.26 Å². The van der Waals surface area contributed by atoms with Crippen LogP contribution in [0.4, 0.5) is 10.5 Å². The van der Waals surface area contributed by atoms with Crippen LogP contribution in [0.1, 0.15) is 67.4 Å². The molecular formula is C33H39N5O5. The maximum Gasteiger partial charge on any atom is 0.426 e. The maximum atomic E-state index is 13.2. The lowest BCUT2D eigenvalue weighted by Crippen LogP contribution is -2.44. The van der Waals surface area contributed by atoms with Gasteiger partial charge in [0.05, 0.1) is 47.5 Å². The zero-order chi connectivity index (χ0) is 31.1. The smallest absolute Gasteiger partial charge is 0.426 e. The summed E-state index contributed by atoms with van der Waals surface area (Å²) in [5, 5.41) is 11.8. The Morgan fingerprint density at radius 3 is 2.47 bits per heavy atom. The Morgan fingerprint density at radius 1 is 1.09 bits per heavy atom. The number of pyridine rings is 1. The number of anilines is 1. The summed E-state index contributed by atoms with van der Waals surface area (Å²) in [5.74, 6) is -0.379. The van der Waals surface area contributed by atoms with E-state index in [1.165, 1.54) is 0 Å². The van der Waals surface area contributed by atoms with E-state index >= 15 is 0 Å². The van der Waals surface area contributed by atoms with Gasteiger partial charge in [-0.05, 0) is 88.9 Å². The SMILES string of the molecule is C=C(c1c(C)c(C(=O)OC(C)C)cc2cc(-c3cc(C#N)c4c(c3)CCN4NC(=O)OC(C)(C)C)cn12)N1CCOCC1. The van der Waals surface area contributed by atoms with Crippen molar-refractivity contribution in [3.05, 3.63) is 65.0 Å². The number of hydrazine groups is 1. The summed E-state index contributed by atoms with van der Waals surface area (Å²) < 4.78 is 18.6. The molecule has 5 rings (SSSR count). The number of nitrogens with one attached hydrogen (secondary N) is 1. The van der Waals surface area contributed by atoms with Crippen LogP contribution in [0.3, 0.4) is 0 Å². The molecule has 2 aliphatic rings. The van der Waals surface area contributed by atoms with Gasteiger partial charge in [0.15, 0.2) is 0 Å². The number of carbonyl (C=O) groups is 2. The van der Waals surface area contributed by atoms with Crippen molar-refractivity contribution in [2.75, 3.05) is 37.9 Å². The minimum absolute atomic E-state index is 0.253. The van der Waals surface area contributed by atoms with Gasteiger partial charge >= 0.3 is 12.1 Å². The topological polar surface area (TPSA) is 109 Å². The zero-order valence-corrected chi connectivity index (χ0v) is 25.7. The minimum Gasteiger partial charge on any atom is -0.459 e. The third-order valence-corrected chi connectivity index (χ3v) is 7.51.